The molecule has 5 nitrogen and oxygen atoms in total. The largest absolute Gasteiger partial charge is 0.338 e. The van der Waals surface area contributed by atoms with Gasteiger partial charge in [0.25, 0.3) is 0 Å². The molecule has 0 aliphatic heterocycles. The number of nitrogens with zero attached hydrogens (tertiary/aromatic N) is 3. The van der Waals surface area contributed by atoms with Crippen LogP contribution in [0.25, 0.3) is 0 Å². The van der Waals surface area contributed by atoms with E-state index in [1.165, 1.54) is 5.57 Å². The molecule has 1 aliphatic rings. The predicted octanol–water partition coefficient (Wildman–Crippen LogP) is 3.83. The molecular formula is C19H34N4O. The second kappa shape index (κ2) is 8.26. The monoisotopic (exact) mass is 334 g/mol. The number of nitrogens with two attached hydrogens (primary N) is 1. The summed E-state index contributed by atoms with van der Waals surface area (Å²) in [6, 6.07) is -0.161. The molecule has 0 aromatic carbocycles. The maximum atomic E-state index is 6.27. The lowest BCUT2D eigenvalue weighted by Crippen LogP contribution is -2.33. The Morgan fingerprint density at radius 2 is 2.17 bits per heavy atom. The Labute approximate surface area is 146 Å². The second-order valence-electron chi connectivity index (χ2n) is 7.94. The quantitative estimate of drug-likeness (QED) is 0.578. The van der Waals surface area contributed by atoms with Crippen LogP contribution in [0.2, 0.25) is 0 Å². The fourth-order valence-electron chi connectivity index (χ4n) is 3.97. The van der Waals surface area contributed by atoms with Crippen LogP contribution in [0, 0.1) is 5.92 Å². The third-order valence-corrected chi connectivity index (χ3v) is 5.25. The maximum Gasteiger partial charge on any atom is 0.243 e. The van der Waals surface area contributed by atoms with Crippen LogP contribution in [0.5, 0.6) is 0 Å². The van der Waals surface area contributed by atoms with Crippen LogP contribution >= 0.6 is 0 Å². The number of aromatic nitrogens is 2. The summed E-state index contributed by atoms with van der Waals surface area (Å²) in [5.74, 6) is 2.04. The lowest BCUT2D eigenvalue weighted by atomic mass is 9.66. The van der Waals surface area contributed by atoms with Gasteiger partial charge in [0.05, 0.1) is 6.04 Å². The topological polar surface area (TPSA) is 68.2 Å². The van der Waals surface area contributed by atoms with E-state index < -0.39 is 0 Å². The highest BCUT2D eigenvalue weighted by Crippen LogP contribution is 2.45. The first-order chi connectivity index (χ1) is 11.4. The van der Waals surface area contributed by atoms with Crippen molar-refractivity contribution in [3.05, 3.63) is 23.9 Å². The van der Waals surface area contributed by atoms with Gasteiger partial charge in [0.2, 0.25) is 5.89 Å². The molecule has 1 saturated carbocycles. The van der Waals surface area contributed by atoms with E-state index in [0.717, 1.165) is 57.3 Å². The lowest BCUT2D eigenvalue weighted by Gasteiger charge is -2.38. The molecule has 5 heteroatoms. The van der Waals surface area contributed by atoms with Gasteiger partial charge >= 0.3 is 0 Å². The van der Waals surface area contributed by atoms with Crippen molar-refractivity contribution in [2.75, 3.05) is 20.6 Å². The summed E-state index contributed by atoms with van der Waals surface area (Å²) in [5.41, 5.74) is 7.54. The first-order valence-electron chi connectivity index (χ1n) is 9.27. The highest BCUT2D eigenvalue weighted by atomic mass is 16.5. The van der Waals surface area contributed by atoms with Gasteiger partial charge in [0.15, 0.2) is 5.82 Å². The van der Waals surface area contributed by atoms with Gasteiger partial charge in [-0.3, -0.25) is 0 Å². The van der Waals surface area contributed by atoms with Gasteiger partial charge in [-0.15, -0.1) is 0 Å². The van der Waals surface area contributed by atoms with E-state index in [-0.39, 0.29) is 11.5 Å². The summed E-state index contributed by atoms with van der Waals surface area (Å²) in [4.78, 5) is 6.90. The van der Waals surface area contributed by atoms with Crippen molar-refractivity contribution in [1.29, 1.82) is 0 Å². The molecule has 1 aliphatic carbocycles. The van der Waals surface area contributed by atoms with Crippen LogP contribution in [0.3, 0.4) is 0 Å². The summed E-state index contributed by atoms with van der Waals surface area (Å²) in [5, 5.41) is 4.31. The molecule has 2 rings (SSSR count). The van der Waals surface area contributed by atoms with Crippen LogP contribution in [0.15, 0.2) is 16.7 Å². The number of allylic oxidation sites excluding steroid dienone is 1. The molecule has 0 bridgehead atoms. The van der Waals surface area contributed by atoms with Crippen LogP contribution in [-0.4, -0.2) is 35.7 Å². The van der Waals surface area contributed by atoms with Crippen molar-refractivity contribution in [3.63, 3.8) is 0 Å². The molecule has 1 aromatic heterocycles. The molecule has 3 atom stereocenters. The molecule has 1 heterocycles. The SMILES string of the molecule is C=C1CC(C)CC(CC)(c2noc(C(N)CCCCN(C)C)n2)C1. The minimum atomic E-state index is -0.161. The van der Waals surface area contributed by atoms with E-state index in [0.29, 0.717) is 11.8 Å². The molecule has 0 spiro atoms. The Morgan fingerprint density at radius 1 is 1.42 bits per heavy atom. The smallest absolute Gasteiger partial charge is 0.243 e. The van der Waals surface area contributed by atoms with Gasteiger partial charge in [-0.2, -0.15) is 4.98 Å². The van der Waals surface area contributed by atoms with Gasteiger partial charge < -0.3 is 15.2 Å². The fraction of sp³-hybridized carbons (Fsp3) is 0.789. The van der Waals surface area contributed by atoms with Gasteiger partial charge in [-0.1, -0.05) is 37.6 Å². The number of hydrogen-bond donors (Lipinski definition) is 1. The van der Waals surface area contributed by atoms with Gasteiger partial charge in [0, 0.05) is 5.41 Å². The minimum absolute atomic E-state index is 0.0266. The van der Waals surface area contributed by atoms with Crippen LogP contribution in [-0.2, 0) is 5.41 Å². The van der Waals surface area contributed by atoms with Crippen molar-refractivity contribution in [1.82, 2.24) is 15.0 Å². The Balaban J connectivity index is 2.01. The zero-order chi connectivity index (χ0) is 17.7. The summed E-state index contributed by atoms with van der Waals surface area (Å²) >= 11 is 0. The fourth-order valence-corrected chi connectivity index (χ4v) is 3.97. The van der Waals surface area contributed by atoms with Gasteiger partial charge in [-0.05, 0) is 65.1 Å². The standard InChI is InChI=1S/C19H34N4O/c1-6-19(12-14(2)11-15(3)13-19)18-21-17(24-22-18)16(20)9-7-8-10-23(4)5/h15-16H,2,6-13,20H2,1,3-5H3. The highest BCUT2D eigenvalue weighted by molar-refractivity contribution is 5.18. The highest BCUT2D eigenvalue weighted by Gasteiger charge is 2.40. The molecule has 2 N–H and O–H groups in total. The minimum Gasteiger partial charge on any atom is -0.338 e. The first-order valence-corrected chi connectivity index (χ1v) is 9.27. The van der Waals surface area contributed by atoms with E-state index >= 15 is 0 Å². The Morgan fingerprint density at radius 3 is 2.79 bits per heavy atom. The van der Waals surface area contributed by atoms with Crippen molar-refractivity contribution >= 4 is 0 Å². The molecule has 24 heavy (non-hydrogen) atoms. The van der Waals surface area contributed by atoms with E-state index in [9.17, 15) is 0 Å². The molecule has 136 valence electrons. The van der Waals surface area contributed by atoms with Crippen molar-refractivity contribution in [2.45, 2.75) is 70.3 Å². The lowest BCUT2D eigenvalue weighted by molar-refractivity contribution is 0.247. The Kier molecular flexibility index (Phi) is 6.58. The second-order valence-corrected chi connectivity index (χ2v) is 7.94. The number of hydrogen-bond acceptors (Lipinski definition) is 5. The molecule has 1 fully saturated rings. The van der Waals surface area contributed by atoms with E-state index in [2.05, 4.69) is 44.6 Å². The molecular weight excluding hydrogens is 300 g/mol. The zero-order valence-corrected chi connectivity index (χ0v) is 15.8. The summed E-state index contributed by atoms with van der Waals surface area (Å²) in [6.07, 6.45) is 7.27. The normalized spacial score (nSPS) is 26.1. The maximum absolute atomic E-state index is 6.27. The number of unbranched alkanes of at least 4 members (excludes halogenated alkanes) is 1. The average Bonchev–Trinajstić information content (AvgIpc) is 3.00. The van der Waals surface area contributed by atoms with E-state index in [1.54, 1.807) is 0 Å². The molecule has 3 unspecified atom stereocenters. The predicted molar refractivity (Wildman–Crippen MR) is 97.8 cm³/mol. The third kappa shape index (κ3) is 4.67. The Hall–Kier alpha value is -1.20. The zero-order valence-electron chi connectivity index (χ0n) is 15.8. The third-order valence-electron chi connectivity index (χ3n) is 5.25. The molecule has 1 aromatic rings. The van der Waals surface area contributed by atoms with Crippen molar-refractivity contribution < 1.29 is 4.52 Å². The van der Waals surface area contributed by atoms with Crippen LogP contribution in [0.4, 0.5) is 0 Å². The van der Waals surface area contributed by atoms with Crippen molar-refractivity contribution in [3.8, 4) is 0 Å². The summed E-state index contributed by atoms with van der Waals surface area (Å²) < 4.78 is 5.53. The Bertz CT molecular complexity index is 539. The van der Waals surface area contributed by atoms with E-state index in [4.69, 9.17) is 15.2 Å². The summed E-state index contributed by atoms with van der Waals surface area (Å²) in [7, 11) is 4.18. The molecule has 0 saturated heterocycles. The van der Waals surface area contributed by atoms with Crippen LogP contribution in [0.1, 0.15) is 76.6 Å². The van der Waals surface area contributed by atoms with Gasteiger partial charge in [0.1, 0.15) is 0 Å². The van der Waals surface area contributed by atoms with Crippen LogP contribution < -0.4 is 5.73 Å². The van der Waals surface area contributed by atoms with Crippen molar-refractivity contribution in [2.24, 2.45) is 11.7 Å². The van der Waals surface area contributed by atoms with Gasteiger partial charge in [-0.25, -0.2) is 0 Å². The summed E-state index contributed by atoms with van der Waals surface area (Å²) in [6.45, 7) is 9.80. The number of rotatable bonds is 8. The molecule has 0 amide bonds. The first kappa shape index (κ1) is 19.1. The van der Waals surface area contributed by atoms with E-state index in [1.807, 2.05) is 0 Å². The average molecular weight is 335 g/mol. The molecule has 0 radical (unpaired) electrons.